The van der Waals surface area contributed by atoms with E-state index in [1.165, 1.54) is 23.0 Å². The monoisotopic (exact) mass is 804 g/mol. The molecule has 0 amide bonds. The molecule has 3 aromatic carbocycles. The topological polar surface area (TPSA) is 88.4 Å². The molecule has 0 bridgehead atoms. The maximum atomic E-state index is 14.1. The Hall–Kier alpha value is -3.19. The number of carbonyl (C=O) groups excluding carboxylic acids is 1. The lowest BCUT2D eigenvalue weighted by Crippen LogP contribution is -2.40. The van der Waals surface area contributed by atoms with Gasteiger partial charge in [0.1, 0.15) is 12.4 Å². The zero-order valence-electron chi connectivity index (χ0n) is 24.2. The largest absolute Gasteiger partial charge is 0.493 e. The number of aromatic nitrogens is 1. The molecule has 2 heterocycles. The quantitative estimate of drug-likeness (QED) is 0.176. The van der Waals surface area contributed by atoms with Crippen LogP contribution in [0.25, 0.3) is 6.08 Å². The highest BCUT2D eigenvalue weighted by atomic mass is 79.9. The van der Waals surface area contributed by atoms with Crippen LogP contribution < -0.4 is 29.1 Å². The number of esters is 1. The van der Waals surface area contributed by atoms with Crippen LogP contribution in [0.2, 0.25) is 0 Å². The number of methoxy groups -OCH3 is 2. The number of ether oxygens (including phenoxy) is 4. The second-order valence-electron chi connectivity index (χ2n) is 9.62. The Morgan fingerprint density at radius 1 is 1.00 bits per heavy atom. The number of fused-ring (bicyclic) bond motifs is 1. The summed E-state index contributed by atoms with van der Waals surface area (Å²) in [5.41, 5.74) is 2.87. The predicted molar refractivity (Wildman–Crippen MR) is 180 cm³/mol. The second kappa shape index (κ2) is 13.8. The Kier molecular flexibility index (Phi) is 10.1. The zero-order chi connectivity index (χ0) is 31.5. The molecule has 1 aromatic heterocycles. The lowest BCUT2D eigenvalue weighted by Gasteiger charge is -2.26. The number of hydrogen-bond acceptors (Lipinski definition) is 8. The van der Waals surface area contributed by atoms with Gasteiger partial charge >= 0.3 is 5.97 Å². The van der Waals surface area contributed by atoms with Gasteiger partial charge in [0, 0.05) is 4.47 Å². The van der Waals surface area contributed by atoms with E-state index < -0.39 is 12.0 Å². The third-order valence-corrected chi connectivity index (χ3v) is 9.71. The van der Waals surface area contributed by atoms with E-state index in [1.54, 1.807) is 39.2 Å². The standard InChI is InChI=1S/C32H27Br3N2O6S/c1-5-42-31(39)27-17(2)36-32-37(28(27)20-14-24(40-3)25(41-4)15-21(20)33)30(38)26(44-32)13-19-11-22(34)29(23(35)12-19)43-16-18-9-7-6-8-10-18/h6-15,28H,5,16H2,1-4H3/b26-13-/t28-/m1/s1. The average Bonchev–Trinajstić information content (AvgIpc) is 3.30. The molecule has 1 aliphatic rings. The summed E-state index contributed by atoms with van der Waals surface area (Å²) in [4.78, 5) is 32.5. The van der Waals surface area contributed by atoms with Crippen LogP contribution in [0.5, 0.6) is 17.2 Å². The van der Waals surface area contributed by atoms with Gasteiger partial charge in [0.05, 0.1) is 51.6 Å². The van der Waals surface area contributed by atoms with E-state index >= 15 is 0 Å². The van der Waals surface area contributed by atoms with Crippen molar-refractivity contribution in [3.05, 3.63) is 116 Å². The molecule has 0 unspecified atom stereocenters. The first-order chi connectivity index (χ1) is 21.2. The van der Waals surface area contributed by atoms with Gasteiger partial charge in [-0.3, -0.25) is 9.36 Å². The van der Waals surface area contributed by atoms with Gasteiger partial charge in [-0.05, 0) is 92.7 Å². The maximum Gasteiger partial charge on any atom is 0.338 e. The fraction of sp³-hybridized carbons (Fsp3) is 0.219. The van der Waals surface area contributed by atoms with E-state index in [0.717, 1.165) is 20.1 Å². The van der Waals surface area contributed by atoms with Crippen molar-refractivity contribution in [2.75, 3.05) is 20.8 Å². The number of benzene rings is 3. The summed E-state index contributed by atoms with van der Waals surface area (Å²) in [6.07, 6.45) is 1.80. The zero-order valence-corrected chi connectivity index (χ0v) is 29.7. The molecule has 0 saturated carbocycles. The summed E-state index contributed by atoms with van der Waals surface area (Å²) in [6, 6.07) is 16.3. The third-order valence-electron chi connectivity index (χ3n) is 6.86. The van der Waals surface area contributed by atoms with Crippen molar-refractivity contribution in [1.29, 1.82) is 0 Å². The lowest BCUT2D eigenvalue weighted by atomic mass is 9.95. The number of thiazole rings is 1. The number of nitrogens with zero attached hydrogens (tertiary/aromatic N) is 2. The summed E-state index contributed by atoms with van der Waals surface area (Å²) >= 11 is 12.1. The summed E-state index contributed by atoms with van der Waals surface area (Å²) in [7, 11) is 3.07. The van der Waals surface area contributed by atoms with Crippen LogP contribution in [0.4, 0.5) is 0 Å². The van der Waals surface area contributed by atoms with E-state index in [0.29, 0.717) is 48.9 Å². The Morgan fingerprint density at radius 3 is 2.30 bits per heavy atom. The highest BCUT2D eigenvalue weighted by Crippen LogP contribution is 2.41. The van der Waals surface area contributed by atoms with Crippen LogP contribution >= 0.6 is 59.1 Å². The highest BCUT2D eigenvalue weighted by molar-refractivity contribution is 9.11. The minimum absolute atomic E-state index is 0.175. The molecule has 5 rings (SSSR count). The number of hydrogen-bond donors (Lipinski definition) is 0. The van der Waals surface area contributed by atoms with Gasteiger partial charge in [-0.25, -0.2) is 9.79 Å². The van der Waals surface area contributed by atoms with E-state index in [4.69, 9.17) is 18.9 Å². The molecule has 8 nitrogen and oxygen atoms in total. The first-order valence-electron chi connectivity index (χ1n) is 13.4. The van der Waals surface area contributed by atoms with Crippen molar-refractivity contribution >= 4 is 71.2 Å². The molecule has 228 valence electrons. The lowest BCUT2D eigenvalue weighted by molar-refractivity contribution is -0.139. The predicted octanol–water partition coefficient (Wildman–Crippen LogP) is 6.68. The summed E-state index contributed by atoms with van der Waals surface area (Å²) in [5.74, 6) is 1.06. The molecule has 1 aliphatic heterocycles. The van der Waals surface area contributed by atoms with E-state index in [1.807, 2.05) is 42.5 Å². The van der Waals surface area contributed by atoms with Gasteiger partial charge in [0.15, 0.2) is 16.3 Å². The van der Waals surface area contributed by atoms with Gasteiger partial charge < -0.3 is 18.9 Å². The Balaban J connectivity index is 1.62. The second-order valence-corrected chi connectivity index (χ2v) is 13.2. The molecule has 0 saturated heterocycles. The summed E-state index contributed by atoms with van der Waals surface area (Å²) < 4.78 is 26.6. The van der Waals surface area contributed by atoms with Crippen LogP contribution in [0, 0.1) is 0 Å². The Morgan fingerprint density at radius 2 is 1.66 bits per heavy atom. The van der Waals surface area contributed by atoms with Crippen LogP contribution in [-0.4, -0.2) is 31.4 Å². The van der Waals surface area contributed by atoms with E-state index in [-0.39, 0.29) is 17.7 Å². The number of rotatable bonds is 9. The van der Waals surface area contributed by atoms with Crippen molar-refractivity contribution in [3.63, 3.8) is 0 Å². The van der Waals surface area contributed by atoms with Crippen molar-refractivity contribution in [1.82, 2.24) is 4.57 Å². The molecule has 44 heavy (non-hydrogen) atoms. The van der Waals surface area contributed by atoms with E-state index in [2.05, 4.69) is 52.8 Å². The first kappa shape index (κ1) is 32.2. The molecule has 12 heteroatoms. The molecule has 0 aliphatic carbocycles. The van der Waals surface area contributed by atoms with Crippen LogP contribution in [0.15, 0.2) is 89.1 Å². The number of allylic oxidation sites excluding steroid dienone is 1. The SMILES string of the molecule is CCOC(=O)C1=C(C)N=c2s/c(=C\c3cc(Br)c(OCc4ccccc4)c(Br)c3)c(=O)n2[C@@H]1c1cc(OC)c(OC)cc1Br. The summed E-state index contributed by atoms with van der Waals surface area (Å²) in [5, 5.41) is 0. The van der Waals surface area contributed by atoms with Gasteiger partial charge in [0.25, 0.3) is 5.56 Å². The smallest absolute Gasteiger partial charge is 0.338 e. The Labute approximate surface area is 283 Å². The van der Waals surface area contributed by atoms with Gasteiger partial charge in [0.2, 0.25) is 0 Å². The number of carbonyl (C=O) groups is 1. The van der Waals surface area contributed by atoms with Crippen molar-refractivity contribution in [2.45, 2.75) is 26.5 Å². The van der Waals surface area contributed by atoms with E-state index in [9.17, 15) is 9.59 Å². The molecule has 1 atom stereocenters. The van der Waals surface area contributed by atoms with Crippen LogP contribution in [0.1, 0.15) is 36.6 Å². The minimum Gasteiger partial charge on any atom is -0.493 e. The molecule has 0 fully saturated rings. The molecular weight excluding hydrogens is 780 g/mol. The van der Waals surface area contributed by atoms with Crippen molar-refractivity contribution < 1.29 is 23.7 Å². The fourth-order valence-corrected chi connectivity index (χ4v) is 7.88. The molecule has 4 aromatic rings. The molecule has 0 spiro atoms. The first-order valence-corrected chi connectivity index (χ1v) is 16.6. The van der Waals surface area contributed by atoms with Crippen LogP contribution in [-0.2, 0) is 16.1 Å². The van der Waals surface area contributed by atoms with Gasteiger partial charge in [-0.15, -0.1) is 0 Å². The van der Waals surface area contributed by atoms with Crippen molar-refractivity contribution in [2.24, 2.45) is 4.99 Å². The average molecular weight is 807 g/mol. The van der Waals surface area contributed by atoms with Crippen molar-refractivity contribution in [3.8, 4) is 17.2 Å². The summed E-state index contributed by atoms with van der Waals surface area (Å²) in [6.45, 7) is 4.06. The molecular formula is C32H27Br3N2O6S. The van der Waals surface area contributed by atoms with Gasteiger partial charge in [-0.2, -0.15) is 0 Å². The van der Waals surface area contributed by atoms with Crippen LogP contribution in [0.3, 0.4) is 0 Å². The molecule has 0 radical (unpaired) electrons. The Bertz CT molecular complexity index is 1930. The normalized spacial score (nSPS) is 14.6. The fourth-order valence-electron chi connectivity index (χ4n) is 4.85. The number of halogens is 3. The third kappa shape index (κ3) is 6.44. The minimum atomic E-state index is -0.825. The molecule has 0 N–H and O–H groups in total. The van der Waals surface area contributed by atoms with Gasteiger partial charge in [-0.1, -0.05) is 57.6 Å². The highest BCUT2D eigenvalue weighted by Gasteiger charge is 2.35. The maximum absolute atomic E-state index is 14.1.